The van der Waals surface area contributed by atoms with E-state index in [1.54, 1.807) is 6.08 Å². The highest BCUT2D eigenvalue weighted by Gasteiger charge is 2.43. The fourth-order valence-corrected chi connectivity index (χ4v) is 2.36. The number of allylic oxidation sites excluding steroid dienone is 1. The maximum Gasteiger partial charge on any atom is 0.409 e. The predicted molar refractivity (Wildman–Crippen MR) is 76.5 cm³/mol. The van der Waals surface area contributed by atoms with Crippen LogP contribution in [-0.2, 0) is 9.53 Å². The zero-order valence-corrected chi connectivity index (χ0v) is 12.6. The molecular weight excluding hydrogens is 258 g/mol. The summed E-state index contributed by atoms with van der Waals surface area (Å²) in [6.45, 7) is 10.6. The number of hydrogen-bond acceptors (Lipinski definition) is 3. The summed E-state index contributed by atoms with van der Waals surface area (Å²) in [7, 11) is 0. The van der Waals surface area contributed by atoms with Crippen molar-refractivity contribution in [1.29, 1.82) is 0 Å². The number of ether oxygens (including phenoxy) is 1. The SMILES string of the molecule is C=CCC1(C(=O)O)CCCN(C(=O)OCC(C)(C)C)C1. The number of amides is 1. The molecule has 1 rings (SSSR count). The lowest BCUT2D eigenvalue weighted by Crippen LogP contribution is -2.50. The van der Waals surface area contributed by atoms with Crippen molar-refractivity contribution in [3.05, 3.63) is 12.7 Å². The molecule has 1 saturated heterocycles. The van der Waals surface area contributed by atoms with E-state index in [9.17, 15) is 14.7 Å². The molecule has 0 saturated carbocycles. The molecule has 20 heavy (non-hydrogen) atoms. The number of piperidine rings is 1. The number of carbonyl (C=O) groups excluding carboxylic acids is 1. The van der Waals surface area contributed by atoms with E-state index in [0.29, 0.717) is 32.4 Å². The van der Waals surface area contributed by atoms with Crippen LogP contribution in [0.2, 0.25) is 0 Å². The fraction of sp³-hybridized carbons (Fsp3) is 0.733. The third kappa shape index (κ3) is 4.25. The van der Waals surface area contributed by atoms with E-state index in [1.807, 2.05) is 20.8 Å². The van der Waals surface area contributed by atoms with Gasteiger partial charge in [0.25, 0.3) is 0 Å². The molecule has 0 bridgehead atoms. The van der Waals surface area contributed by atoms with Crippen LogP contribution in [0.25, 0.3) is 0 Å². The highest BCUT2D eigenvalue weighted by molar-refractivity contribution is 5.77. The van der Waals surface area contributed by atoms with Crippen molar-refractivity contribution in [2.45, 2.75) is 40.0 Å². The summed E-state index contributed by atoms with van der Waals surface area (Å²) in [5.74, 6) is -0.870. The van der Waals surface area contributed by atoms with Gasteiger partial charge < -0.3 is 14.7 Å². The van der Waals surface area contributed by atoms with Crippen molar-refractivity contribution in [1.82, 2.24) is 4.90 Å². The third-order valence-corrected chi connectivity index (χ3v) is 3.45. The van der Waals surface area contributed by atoms with Crippen molar-refractivity contribution < 1.29 is 19.4 Å². The van der Waals surface area contributed by atoms with Gasteiger partial charge in [0.05, 0.1) is 12.0 Å². The lowest BCUT2D eigenvalue weighted by molar-refractivity contribution is -0.151. The summed E-state index contributed by atoms with van der Waals surface area (Å²) in [6, 6.07) is 0. The molecule has 0 radical (unpaired) electrons. The summed E-state index contributed by atoms with van der Waals surface area (Å²) < 4.78 is 5.27. The Morgan fingerprint density at radius 3 is 2.60 bits per heavy atom. The Balaban J connectivity index is 2.70. The summed E-state index contributed by atoms with van der Waals surface area (Å²) in [5.41, 5.74) is -1.02. The highest BCUT2D eigenvalue weighted by Crippen LogP contribution is 2.34. The molecular formula is C15H25NO4. The molecule has 1 aliphatic heterocycles. The van der Waals surface area contributed by atoms with Crippen molar-refractivity contribution in [3.63, 3.8) is 0 Å². The minimum atomic E-state index is -0.916. The van der Waals surface area contributed by atoms with Crippen molar-refractivity contribution in [3.8, 4) is 0 Å². The summed E-state index contributed by atoms with van der Waals surface area (Å²) in [5, 5.41) is 9.45. The van der Waals surface area contributed by atoms with Crippen LogP contribution in [0.3, 0.4) is 0 Å². The molecule has 0 aromatic heterocycles. The van der Waals surface area contributed by atoms with Gasteiger partial charge in [0.2, 0.25) is 0 Å². The molecule has 1 heterocycles. The number of nitrogens with zero attached hydrogens (tertiary/aromatic N) is 1. The van der Waals surface area contributed by atoms with E-state index < -0.39 is 17.5 Å². The topological polar surface area (TPSA) is 66.8 Å². The Morgan fingerprint density at radius 1 is 1.45 bits per heavy atom. The van der Waals surface area contributed by atoms with Gasteiger partial charge in [0.1, 0.15) is 0 Å². The summed E-state index contributed by atoms with van der Waals surface area (Å²) in [6.07, 6.45) is 2.79. The Labute approximate surface area is 120 Å². The number of rotatable bonds is 4. The first-order valence-corrected chi connectivity index (χ1v) is 6.96. The maximum absolute atomic E-state index is 12.0. The van der Waals surface area contributed by atoms with E-state index in [0.717, 1.165) is 0 Å². The molecule has 5 heteroatoms. The van der Waals surface area contributed by atoms with Gasteiger partial charge in [-0.15, -0.1) is 6.58 Å². The smallest absolute Gasteiger partial charge is 0.409 e. The Kier molecular flexibility index (Phi) is 5.20. The molecule has 0 aliphatic carbocycles. The van der Waals surface area contributed by atoms with E-state index in [1.165, 1.54) is 4.90 Å². The standard InChI is InChI=1S/C15H25NO4/c1-5-7-15(12(17)18)8-6-9-16(10-15)13(19)20-11-14(2,3)4/h5H,1,6-11H2,2-4H3,(H,17,18). The molecule has 1 unspecified atom stereocenters. The second-order valence-electron chi connectivity index (χ2n) is 6.72. The molecule has 1 fully saturated rings. The monoisotopic (exact) mass is 283 g/mol. The van der Waals surface area contributed by atoms with Gasteiger partial charge in [-0.1, -0.05) is 26.8 Å². The Bertz CT molecular complexity index is 386. The van der Waals surface area contributed by atoms with Crippen LogP contribution >= 0.6 is 0 Å². The zero-order valence-electron chi connectivity index (χ0n) is 12.6. The molecule has 1 aliphatic rings. The molecule has 0 spiro atoms. The third-order valence-electron chi connectivity index (χ3n) is 3.45. The van der Waals surface area contributed by atoms with Gasteiger partial charge in [-0.3, -0.25) is 4.79 Å². The minimum absolute atomic E-state index is 0.101. The quantitative estimate of drug-likeness (QED) is 0.806. The first-order valence-electron chi connectivity index (χ1n) is 6.96. The van der Waals surface area contributed by atoms with Gasteiger partial charge >= 0.3 is 12.1 Å². The lowest BCUT2D eigenvalue weighted by atomic mass is 9.77. The van der Waals surface area contributed by atoms with Crippen molar-refractivity contribution in [2.24, 2.45) is 10.8 Å². The number of carbonyl (C=O) groups is 2. The van der Waals surface area contributed by atoms with E-state index in [-0.39, 0.29) is 12.0 Å². The number of hydrogen-bond donors (Lipinski definition) is 1. The van der Waals surface area contributed by atoms with E-state index in [2.05, 4.69) is 6.58 Å². The number of carboxylic acids is 1. The average Bonchev–Trinajstić information content (AvgIpc) is 2.35. The molecule has 1 N–H and O–H groups in total. The predicted octanol–water partition coefficient (Wildman–Crippen LogP) is 2.91. The zero-order chi connectivity index (χ0) is 15.4. The van der Waals surface area contributed by atoms with Crippen LogP contribution in [0.4, 0.5) is 4.79 Å². The fourth-order valence-electron chi connectivity index (χ4n) is 2.36. The average molecular weight is 283 g/mol. The number of aliphatic carboxylic acids is 1. The van der Waals surface area contributed by atoms with E-state index >= 15 is 0 Å². The Hall–Kier alpha value is -1.52. The van der Waals surface area contributed by atoms with E-state index in [4.69, 9.17) is 4.74 Å². The molecule has 1 amide bonds. The molecule has 0 aromatic rings. The van der Waals surface area contributed by atoms with Crippen molar-refractivity contribution >= 4 is 12.1 Å². The summed E-state index contributed by atoms with van der Waals surface area (Å²) >= 11 is 0. The molecule has 114 valence electrons. The highest BCUT2D eigenvalue weighted by atomic mass is 16.6. The first kappa shape index (κ1) is 16.5. The number of likely N-dealkylation sites (tertiary alicyclic amines) is 1. The molecule has 5 nitrogen and oxygen atoms in total. The van der Waals surface area contributed by atoms with Crippen LogP contribution < -0.4 is 0 Å². The van der Waals surface area contributed by atoms with Gasteiger partial charge in [-0.25, -0.2) is 4.79 Å². The molecule has 1 atom stereocenters. The van der Waals surface area contributed by atoms with Crippen LogP contribution in [0.15, 0.2) is 12.7 Å². The van der Waals surface area contributed by atoms with Gasteiger partial charge in [0, 0.05) is 13.1 Å². The van der Waals surface area contributed by atoms with Gasteiger partial charge in [-0.2, -0.15) is 0 Å². The minimum Gasteiger partial charge on any atom is -0.481 e. The molecule has 0 aromatic carbocycles. The van der Waals surface area contributed by atoms with Gasteiger partial charge in [0.15, 0.2) is 0 Å². The van der Waals surface area contributed by atoms with Gasteiger partial charge in [-0.05, 0) is 24.7 Å². The second-order valence-corrected chi connectivity index (χ2v) is 6.72. The van der Waals surface area contributed by atoms with Crippen LogP contribution in [-0.4, -0.2) is 41.8 Å². The Morgan fingerprint density at radius 2 is 2.10 bits per heavy atom. The first-order chi connectivity index (χ1) is 9.20. The maximum atomic E-state index is 12.0. The van der Waals surface area contributed by atoms with Crippen molar-refractivity contribution in [2.75, 3.05) is 19.7 Å². The summed E-state index contributed by atoms with van der Waals surface area (Å²) in [4.78, 5) is 25.1. The largest absolute Gasteiger partial charge is 0.481 e. The van der Waals surface area contributed by atoms with Crippen LogP contribution in [0, 0.1) is 10.8 Å². The van der Waals surface area contributed by atoms with Crippen LogP contribution in [0.1, 0.15) is 40.0 Å². The second kappa shape index (κ2) is 6.29. The normalized spacial score (nSPS) is 23.2. The lowest BCUT2D eigenvalue weighted by Gasteiger charge is -2.39. The van der Waals surface area contributed by atoms with Crippen LogP contribution in [0.5, 0.6) is 0 Å². The number of carboxylic acid groups (broad SMARTS) is 1.